The number of nitro benzene ring substituents is 3. The standard InChI is InChI=1S/C8H10N2.C6H3N3O7/c1-6-2-4-7(5-3-6)8(9)10;10-6-4(8(13)14)1-3(7(11)12)2-5(6)9(15)16/h2-5H,1H3,(H3,9,10);1-2,10H. The molecule has 2 aromatic carbocycles. The summed E-state index contributed by atoms with van der Waals surface area (Å²) in [5.41, 5.74) is 4.21. The van der Waals surface area contributed by atoms with Crippen molar-refractivity contribution in [1.29, 1.82) is 5.41 Å². The molecular weight excluding hydrogens is 350 g/mol. The Kier molecular flexibility index (Phi) is 6.25. The van der Waals surface area contributed by atoms with E-state index in [1.807, 2.05) is 31.2 Å². The van der Waals surface area contributed by atoms with Crippen molar-refractivity contribution in [3.05, 3.63) is 77.9 Å². The lowest BCUT2D eigenvalue weighted by Gasteiger charge is -1.97. The Morgan fingerprint density at radius 1 is 0.962 bits per heavy atom. The van der Waals surface area contributed by atoms with Gasteiger partial charge in [0, 0.05) is 5.56 Å². The average Bonchev–Trinajstić information content (AvgIpc) is 2.55. The number of rotatable bonds is 4. The van der Waals surface area contributed by atoms with Gasteiger partial charge < -0.3 is 10.8 Å². The number of nitrogen functional groups attached to an aromatic ring is 1. The van der Waals surface area contributed by atoms with Crippen LogP contribution >= 0.6 is 0 Å². The van der Waals surface area contributed by atoms with Crippen LogP contribution in [0.15, 0.2) is 36.4 Å². The minimum atomic E-state index is -1.21. The number of non-ortho nitro benzene ring substituents is 1. The van der Waals surface area contributed by atoms with Crippen LogP contribution in [0.1, 0.15) is 11.1 Å². The number of amidine groups is 1. The van der Waals surface area contributed by atoms with Crippen molar-refractivity contribution in [2.75, 3.05) is 0 Å². The molecule has 0 bridgehead atoms. The molecule has 0 aliphatic carbocycles. The van der Waals surface area contributed by atoms with Crippen molar-refractivity contribution in [3.8, 4) is 5.75 Å². The maximum atomic E-state index is 10.4. The lowest BCUT2D eigenvalue weighted by Crippen LogP contribution is -2.10. The van der Waals surface area contributed by atoms with Gasteiger partial charge in [-0.1, -0.05) is 29.8 Å². The van der Waals surface area contributed by atoms with E-state index in [-0.39, 0.29) is 5.84 Å². The van der Waals surface area contributed by atoms with Crippen LogP contribution < -0.4 is 5.73 Å². The van der Waals surface area contributed by atoms with Gasteiger partial charge in [-0.2, -0.15) is 0 Å². The molecule has 0 saturated heterocycles. The molecule has 136 valence electrons. The van der Waals surface area contributed by atoms with E-state index in [4.69, 9.17) is 16.2 Å². The third-order valence-corrected chi connectivity index (χ3v) is 3.02. The van der Waals surface area contributed by atoms with E-state index >= 15 is 0 Å². The zero-order valence-corrected chi connectivity index (χ0v) is 13.3. The highest BCUT2D eigenvalue weighted by atomic mass is 16.6. The van der Waals surface area contributed by atoms with Crippen LogP contribution in [-0.2, 0) is 0 Å². The molecule has 0 saturated carbocycles. The Labute approximate surface area is 145 Å². The molecule has 0 heterocycles. The first-order valence-corrected chi connectivity index (χ1v) is 6.75. The fourth-order valence-corrected chi connectivity index (χ4v) is 1.71. The first-order chi connectivity index (χ1) is 12.0. The third-order valence-electron chi connectivity index (χ3n) is 3.02. The fourth-order valence-electron chi connectivity index (χ4n) is 1.71. The Morgan fingerprint density at radius 3 is 1.69 bits per heavy atom. The maximum absolute atomic E-state index is 10.4. The summed E-state index contributed by atoms with van der Waals surface area (Å²) < 4.78 is 0. The van der Waals surface area contributed by atoms with E-state index in [0.29, 0.717) is 12.1 Å². The second-order valence-corrected chi connectivity index (χ2v) is 4.88. The van der Waals surface area contributed by atoms with Crippen LogP contribution in [0.25, 0.3) is 0 Å². The second-order valence-electron chi connectivity index (χ2n) is 4.88. The van der Waals surface area contributed by atoms with E-state index in [2.05, 4.69) is 0 Å². The normalized spacial score (nSPS) is 9.58. The summed E-state index contributed by atoms with van der Waals surface area (Å²) in [6.45, 7) is 2.00. The van der Waals surface area contributed by atoms with E-state index in [1.165, 1.54) is 5.56 Å². The summed E-state index contributed by atoms with van der Waals surface area (Å²) in [4.78, 5) is 27.8. The molecule has 0 aliphatic heterocycles. The summed E-state index contributed by atoms with van der Waals surface area (Å²) in [5, 5.41) is 47.3. The number of aryl methyl sites for hydroxylation is 1. The molecule has 0 aliphatic rings. The van der Waals surface area contributed by atoms with Gasteiger partial charge in [0.2, 0.25) is 0 Å². The lowest BCUT2D eigenvalue weighted by atomic mass is 10.1. The topological polar surface area (TPSA) is 200 Å². The molecule has 0 spiro atoms. The maximum Gasteiger partial charge on any atom is 0.324 e. The predicted molar refractivity (Wildman–Crippen MR) is 90.3 cm³/mol. The van der Waals surface area contributed by atoms with Crippen molar-refractivity contribution in [2.24, 2.45) is 5.73 Å². The predicted octanol–water partition coefficient (Wildman–Crippen LogP) is 2.40. The summed E-state index contributed by atoms with van der Waals surface area (Å²) in [6.07, 6.45) is 0. The van der Waals surface area contributed by atoms with Crippen LogP contribution in [0.5, 0.6) is 5.75 Å². The van der Waals surface area contributed by atoms with Gasteiger partial charge in [-0.25, -0.2) is 0 Å². The number of hydrogen-bond donors (Lipinski definition) is 3. The molecular formula is C14H13N5O7. The van der Waals surface area contributed by atoms with Crippen molar-refractivity contribution in [1.82, 2.24) is 0 Å². The summed E-state index contributed by atoms with van der Waals surface area (Å²) >= 11 is 0. The Balaban J connectivity index is 0.000000289. The number of phenols is 1. The zero-order chi connectivity index (χ0) is 20.0. The van der Waals surface area contributed by atoms with E-state index < -0.39 is 37.6 Å². The molecule has 0 fully saturated rings. The quantitative estimate of drug-likeness (QED) is 0.318. The molecule has 0 radical (unpaired) electrons. The number of nitro groups is 3. The largest absolute Gasteiger partial charge is 0.497 e. The van der Waals surface area contributed by atoms with Crippen LogP contribution in [0.4, 0.5) is 17.1 Å². The lowest BCUT2D eigenvalue weighted by molar-refractivity contribution is -0.404. The number of benzene rings is 2. The molecule has 0 aromatic heterocycles. The summed E-state index contributed by atoms with van der Waals surface area (Å²) in [5.74, 6) is -1.08. The first-order valence-electron chi connectivity index (χ1n) is 6.75. The van der Waals surface area contributed by atoms with Crippen LogP contribution in [0.2, 0.25) is 0 Å². The van der Waals surface area contributed by atoms with Gasteiger partial charge in [-0.05, 0) is 6.92 Å². The number of nitrogens with one attached hydrogen (secondary N) is 1. The monoisotopic (exact) mass is 363 g/mol. The summed E-state index contributed by atoms with van der Waals surface area (Å²) in [7, 11) is 0. The van der Waals surface area contributed by atoms with Crippen molar-refractivity contribution >= 4 is 22.9 Å². The number of phenolic OH excluding ortho intramolecular Hbond substituents is 1. The molecule has 2 aromatic rings. The summed E-state index contributed by atoms with van der Waals surface area (Å²) in [6, 6.07) is 8.47. The van der Waals surface area contributed by atoms with Crippen LogP contribution in [0, 0.1) is 42.7 Å². The fraction of sp³-hybridized carbons (Fsp3) is 0.0714. The molecule has 0 atom stereocenters. The first kappa shape index (κ1) is 20.0. The Hall–Kier alpha value is -4.09. The molecule has 0 amide bonds. The van der Waals surface area contributed by atoms with Gasteiger partial charge in [0.25, 0.3) is 11.4 Å². The highest BCUT2D eigenvalue weighted by molar-refractivity contribution is 5.94. The number of aromatic hydroxyl groups is 1. The highest BCUT2D eigenvalue weighted by Crippen LogP contribution is 2.38. The SMILES string of the molecule is Cc1ccc(C(=N)N)cc1.O=[N+]([O-])c1cc([N+](=O)[O-])c(O)c([N+](=O)[O-])c1. The van der Waals surface area contributed by atoms with Gasteiger partial charge in [0.15, 0.2) is 0 Å². The molecule has 4 N–H and O–H groups in total. The van der Waals surface area contributed by atoms with Gasteiger partial charge in [-0.15, -0.1) is 0 Å². The number of nitrogens with two attached hydrogens (primary N) is 1. The van der Waals surface area contributed by atoms with Crippen molar-refractivity contribution in [3.63, 3.8) is 0 Å². The highest BCUT2D eigenvalue weighted by Gasteiger charge is 2.30. The van der Waals surface area contributed by atoms with E-state index in [0.717, 1.165) is 5.56 Å². The third kappa shape index (κ3) is 4.95. The molecule has 0 unspecified atom stereocenters. The van der Waals surface area contributed by atoms with Crippen LogP contribution in [0.3, 0.4) is 0 Å². The number of nitrogens with zero attached hydrogens (tertiary/aromatic N) is 3. The molecule has 12 heteroatoms. The van der Waals surface area contributed by atoms with Crippen molar-refractivity contribution in [2.45, 2.75) is 6.92 Å². The smallest absolute Gasteiger partial charge is 0.324 e. The molecule has 26 heavy (non-hydrogen) atoms. The Bertz CT molecular complexity index is 845. The minimum Gasteiger partial charge on any atom is -0.497 e. The average molecular weight is 363 g/mol. The molecule has 12 nitrogen and oxygen atoms in total. The second kappa shape index (κ2) is 8.14. The Morgan fingerprint density at radius 2 is 1.38 bits per heavy atom. The van der Waals surface area contributed by atoms with Crippen molar-refractivity contribution < 1.29 is 19.9 Å². The van der Waals surface area contributed by atoms with Gasteiger partial charge in [-0.3, -0.25) is 35.8 Å². The number of hydrogen-bond acceptors (Lipinski definition) is 8. The van der Waals surface area contributed by atoms with Gasteiger partial charge >= 0.3 is 11.4 Å². The van der Waals surface area contributed by atoms with E-state index in [1.54, 1.807) is 0 Å². The zero-order valence-electron chi connectivity index (χ0n) is 13.3. The van der Waals surface area contributed by atoms with Gasteiger partial charge in [0.1, 0.15) is 5.84 Å². The van der Waals surface area contributed by atoms with Crippen LogP contribution in [-0.4, -0.2) is 25.7 Å². The van der Waals surface area contributed by atoms with Gasteiger partial charge in [0.05, 0.1) is 26.9 Å². The minimum absolute atomic E-state index is 0.125. The molecule has 2 rings (SSSR count). The van der Waals surface area contributed by atoms with E-state index in [9.17, 15) is 30.3 Å².